The van der Waals surface area contributed by atoms with Crippen LogP contribution in [0.3, 0.4) is 0 Å². The van der Waals surface area contributed by atoms with Crippen molar-refractivity contribution in [1.82, 2.24) is 19.6 Å². The Balaban J connectivity index is 1.83. The molecule has 0 saturated carbocycles. The van der Waals surface area contributed by atoms with Crippen molar-refractivity contribution >= 4 is 11.2 Å². The molecule has 2 aromatic heterocycles. The third kappa shape index (κ3) is 3.84. The van der Waals surface area contributed by atoms with E-state index in [4.69, 9.17) is 4.74 Å². The molecular weight excluding hydrogens is 382 g/mol. The Labute approximate surface area is 172 Å². The molecule has 0 amide bonds. The van der Waals surface area contributed by atoms with Gasteiger partial charge in [-0.05, 0) is 30.7 Å². The Morgan fingerprint density at radius 1 is 1.07 bits per heavy atom. The van der Waals surface area contributed by atoms with Crippen LogP contribution in [0.15, 0.2) is 64.2 Å². The van der Waals surface area contributed by atoms with E-state index in [1.807, 2.05) is 54.6 Å². The predicted octanol–water partition coefficient (Wildman–Crippen LogP) is 2.56. The van der Waals surface area contributed by atoms with Crippen molar-refractivity contribution in [3.63, 3.8) is 0 Å². The average molecular weight is 404 g/mol. The number of aromatic amines is 1. The number of hydrogen-bond acceptors (Lipinski definition) is 5. The third-order valence-corrected chi connectivity index (χ3v) is 4.75. The fourth-order valence-corrected chi connectivity index (χ4v) is 3.09. The topological polar surface area (TPSA) is 93.8 Å². The molecule has 4 rings (SSSR count). The summed E-state index contributed by atoms with van der Waals surface area (Å²) in [5.74, 6) is 1.75. The van der Waals surface area contributed by atoms with E-state index >= 15 is 0 Å². The van der Waals surface area contributed by atoms with Gasteiger partial charge >= 0.3 is 11.3 Å². The number of nitrogens with zero attached hydrogens (tertiary/aromatic N) is 4. The number of para-hydroxylation sites is 1. The molecule has 0 radical (unpaired) electrons. The third-order valence-electron chi connectivity index (χ3n) is 4.75. The van der Waals surface area contributed by atoms with E-state index in [0.29, 0.717) is 29.3 Å². The molecule has 0 unspecified atom stereocenters. The minimum atomic E-state index is -0.493. The summed E-state index contributed by atoms with van der Waals surface area (Å²) in [5, 5.41) is 4.60. The number of aromatic nitrogens is 5. The number of benzene rings is 2. The predicted molar refractivity (Wildman–Crippen MR) is 112 cm³/mol. The Morgan fingerprint density at radius 2 is 1.83 bits per heavy atom. The quantitative estimate of drug-likeness (QED) is 0.499. The molecule has 30 heavy (non-hydrogen) atoms. The molecule has 0 bridgehead atoms. The highest BCUT2D eigenvalue weighted by Gasteiger charge is 2.20. The molecule has 4 aromatic rings. The van der Waals surface area contributed by atoms with Gasteiger partial charge in [-0.1, -0.05) is 48.8 Å². The molecule has 152 valence electrons. The van der Waals surface area contributed by atoms with Crippen LogP contribution in [-0.4, -0.2) is 19.6 Å². The van der Waals surface area contributed by atoms with Gasteiger partial charge in [0.15, 0.2) is 0 Å². The normalized spacial score (nSPS) is 11.0. The number of H-pyrrole nitrogens is 1. The van der Waals surface area contributed by atoms with E-state index < -0.39 is 11.2 Å². The summed E-state index contributed by atoms with van der Waals surface area (Å²) in [6.45, 7) is 2.63. The van der Waals surface area contributed by atoms with Crippen LogP contribution >= 0.6 is 0 Å². The molecule has 0 aliphatic carbocycles. The minimum Gasteiger partial charge on any atom is -0.457 e. The number of rotatable bonds is 6. The molecule has 0 aliphatic rings. The standard InChI is InChI=1S/C22H21N5O3/c1-3-4-13-27-20-18(21(28)26(2)22(29)24-20)23-19(25-27)15-9-8-12-17(14-15)30-16-10-6-5-7-11-16/h5-12,14H,3-4,13H2,1-2H3/p+1. The summed E-state index contributed by atoms with van der Waals surface area (Å²) in [4.78, 5) is 31.9. The average Bonchev–Trinajstić information content (AvgIpc) is 2.77. The summed E-state index contributed by atoms with van der Waals surface area (Å²) < 4.78 is 8.57. The van der Waals surface area contributed by atoms with Crippen molar-refractivity contribution in [2.24, 2.45) is 7.05 Å². The van der Waals surface area contributed by atoms with E-state index in [-0.39, 0.29) is 5.52 Å². The van der Waals surface area contributed by atoms with Crippen LogP contribution in [0.1, 0.15) is 19.8 Å². The largest absolute Gasteiger partial charge is 0.457 e. The summed E-state index contributed by atoms with van der Waals surface area (Å²) in [5.41, 5.74) is 0.264. The lowest BCUT2D eigenvalue weighted by Crippen LogP contribution is -2.45. The van der Waals surface area contributed by atoms with E-state index in [2.05, 4.69) is 22.0 Å². The Bertz CT molecular complexity index is 1310. The first-order valence-corrected chi connectivity index (χ1v) is 9.81. The Kier molecular flexibility index (Phi) is 5.38. The summed E-state index contributed by atoms with van der Waals surface area (Å²) in [6.07, 6.45) is 1.80. The monoisotopic (exact) mass is 404 g/mol. The molecule has 0 aliphatic heterocycles. The van der Waals surface area contributed by atoms with Gasteiger partial charge in [0.2, 0.25) is 11.3 Å². The van der Waals surface area contributed by atoms with Crippen molar-refractivity contribution in [3.05, 3.63) is 75.4 Å². The highest BCUT2D eigenvalue weighted by atomic mass is 16.5. The number of aryl methyl sites for hydroxylation is 1. The minimum absolute atomic E-state index is 0.174. The van der Waals surface area contributed by atoms with Gasteiger partial charge in [-0.3, -0.25) is 4.79 Å². The molecule has 2 aromatic carbocycles. The van der Waals surface area contributed by atoms with Crippen LogP contribution in [0, 0.1) is 0 Å². The first-order valence-electron chi connectivity index (χ1n) is 9.81. The Hall–Kier alpha value is -3.81. The zero-order valence-corrected chi connectivity index (χ0v) is 16.8. The van der Waals surface area contributed by atoms with Crippen LogP contribution in [0.2, 0.25) is 0 Å². The van der Waals surface area contributed by atoms with E-state index in [9.17, 15) is 9.59 Å². The number of hydrogen-bond donors (Lipinski definition) is 1. The second kappa shape index (κ2) is 8.28. The van der Waals surface area contributed by atoms with Gasteiger partial charge in [-0.25, -0.2) is 14.3 Å². The van der Waals surface area contributed by atoms with Crippen molar-refractivity contribution in [1.29, 1.82) is 0 Å². The molecule has 0 spiro atoms. The maximum atomic E-state index is 12.7. The highest BCUT2D eigenvalue weighted by molar-refractivity contribution is 5.68. The van der Waals surface area contributed by atoms with Gasteiger partial charge < -0.3 is 4.74 Å². The van der Waals surface area contributed by atoms with Crippen molar-refractivity contribution in [2.45, 2.75) is 26.3 Å². The Morgan fingerprint density at radius 3 is 2.60 bits per heavy atom. The van der Waals surface area contributed by atoms with Crippen molar-refractivity contribution in [2.75, 3.05) is 0 Å². The van der Waals surface area contributed by atoms with Crippen LogP contribution in [-0.2, 0) is 13.6 Å². The lowest BCUT2D eigenvalue weighted by Gasteiger charge is -2.08. The summed E-state index contributed by atoms with van der Waals surface area (Å²) in [6, 6.07) is 16.9. The fraction of sp³-hybridized carbons (Fsp3) is 0.227. The molecular formula is C22H22N5O3+. The number of unbranched alkanes of at least 4 members (excludes halogenated alkanes) is 1. The van der Waals surface area contributed by atoms with Gasteiger partial charge in [0.05, 0.1) is 0 Å². The number of nitrogens with one attached hydrogen (secondary N) is 1. The fourth-order valence-electron chi connectivity index (χ4n) is 3.09. The van der Waals surface area contributed by atoms with E-state index in [1.165, 1.54) is 7.05 Å². The second-order valence-electron chi connectivity index (χ2n) is 6.95. The smallest absolute Gasteiger partial charge is 0.416 e. The van der Waals surface area contributed by atoms with Gasteiger partial charge in [0, 0.05) is 12.6 Å². The first-order chi connectivity index (χ1) is 14.6. The van der Waals surface area contributed by atoms with Crippen LogP contribution in [0.4, 0.5) is 0 Å². The van der Waals surface area contributed by atoms with Gasteiger partial charge in [-0.2, -0.15) is 4.98 Å². The maximum Gasteiger partial charge on any atom is 0.416 e. The zero-order valence-electron chi connectivity index (χ0n) is 16.8. The molecule has 0 atom stereocenters. The summed E-state index contributed by atoms with van der Waals surface area (Å²) >= 11 is 0. The van der Waals surface area contributed by atoms with Crippen LogP contribution in [0.25, 0.3) is 22.6 Å². The van der Waals surface area contributed by atoms with Gasteiger partial charge in [0.1, 0.15) is 18.0 Å². The van der Waals surface area contributed by atoms with Crippen LogP contribution in [0.5, 0.6) is 11.5 Å². The molecule has 8 nitrogen and oxygen atoms in total. The molecule has 0 fully saturated rings. The van der Waals surface area contributed by atoms with Crippen molar-refractivity contribution in [3.8, 4) is 22.9 Å². The SMILES string of the molecule is CCCC[n+]1nc(-c2cccc(Oc3ccccc3)c2)nc2c(=O)n(C)c(=O)[nH]c21. The first kappa shape index (κ1) is 19.5. The van der Waals surface area contributed by atoms with Crippen molar-refractivity contribution < 1.29 is 9.42 Å². The second-order valence-corrected chi connectivity index (χ2v) is 6.95. The van der Waals surface area contributed by atoms with Crippen LogP contribution < -0.4 is 20.7 Å². The lowest BCUT2D eigenvalue weighted by molar-refractivity contribution is -0.731. The maximum absolute atomic E-state index is 12.7. The molecule has 8 heteroatoms. The number of ether oxygens (including phenoxy) is 1. The molecule has 0 saturated heterocycles. The molecule has 2 heterocycles. The number of fused-ring (bicyclic) bond motifs is 1. The highest BCUT2D eigenvalue weighted by Crippen LogP contribution is 2.25. The lowest BCUT2D eigenvalue weighted by atomic mass is 10.2. The zero-order chi connectivity index (χ0) is 21.1. The van der Waals surface area contributed by atoms with E-state index in [1.54, 1.807) is 4.68 Å². The van der Waals surface area contributed by atoms with Gasteiger partial charge in [-0.15, -0.1) is 4.68 Å². The molecule has 1 N–H and O–H groups in total. The van der Waals surface area contributed by atoms with Gasteiger partial charge in [0.25, 0.3) is 5.56 Å². The summed E-state index contributed by atoms with van der Waals surface area (Å²) in [7, 11) is 1.42. The van der Waals surface area contributed by atoms with E-state index in [0.717, 1.165) is 23.2 Å².